The second-order valence-electron chi connectivity index (χ2n) is 5.44. The predicted octanol–water partition coefficient (Wildman–Crippen LogP) is 3.47. The molecule has 0 bridgehead atoms. The summed E-state index contributed by atoms with van der Waals surface area (Å²) in [5.41, 5.74) is 6.16. The molecule has 1 nitrogen and oxygen atoms in total. The van der Waals surface area contributed by atoms with E-state index in [9.17, 15) is 0 Å². The predicted molar refractivity (Wildman–Crippen MR) is 61.1 cm³/mol. The summed E-state index contributed by atoms with van der Waals surface area (Å²) in [7, 11) is 0. The highest BCUT2D eigenvalue weighted by Crippen LogP contribution is 2.33. The lowest BCUT2D eigenvalue weighted by molar-refractivity contribution is 0.270. The van der Waals surface area contributed by atoms with Gasteiger partial charge in [-0.3, -0.25) is 0 Å². The minimum absolute atomic E-state index is 0.533. The summed E-state index contributed by atoms with van der Waals surface area (Å²) in [5.74, 6) is 1.92. The molecular weight excluding hydrogens is 170 g/mol. The van der Waals surface area contributed by atoms with Crippen LogP contribution in [0.1, 0.15) is 64.2 Å². The fourth-order valence-corrected chi connectivity index (χ4v) is 3.34. The number of rotatable bonds is 3. The lowest BCUT2D eigenvalue weighted by Gasteiger charge is -2.29. The highest BCUT2D eigenvalue weighted by molar-refractivity contribution is 4.79. The molecule has 0 aromatic rings. The Bertz CT molecular complexity index is 161. The summed E-state index contributed by atoms with van der Waals surface area (Å²) in [6, 6.07) is 0.533. The van der Waals surface area contributed by atoms with Gasteiger partial charge in [-0.25, -0.2) is 0 Å². The Balaban J connectivity index is 1.67. The van der Waals surface area contributed by atoms with E-state index in [1.807, 2.05) is 0 Å². The number of hydrogen-bond acceptors (Lipinski definition) is 1. The third kappa shape index (κ3) is 2.73. The smallest absolute Gasteiger partial charge is 0.00671 e. The Labute approximate surface area is 88.4 Å². The van der Waals surface area contributed by atoms with E-state index in [1.54, 1.807) is 0 Å². The Morgan fingerprint density at radius 3 is 2.14 bits per heavy atom. The third-order valence-electron chi connectivity index (χ3n) is 4.39. The Kier molecular flexibility index (Phi) is 3.86. The molecule has 0 spiro atoms. The molecule has 2 aliphatic rings. The van der Waals surface area contributed by atoms with Gasteiger partial charge in [0.2, 0.25) is 0 Å². The van der Waals surface area contributed by atoms with Crippen LogP contribution in [0.25, 0.3) is 0 Å². The van der Waals surface area contributed by atoms with Crippen LogP contribution in [0.3, 0.4) is 0 Å². The maximum Gasteiger partial charge on any atom is 0.00671 e. The van der Waals surface area contributed by atoms with Crippen LogP contribution in [0.2, 0.25) is 0 Å². The van der Waals surface area contributed by atoms with Gasteiger partial charge in [0.05, 0.1) is 0 Å². The van der Waals surface area contributed by atoms with Gasteiger partial charge in [-0.1, -0.05) is 44.9 Å². The molecule has 2 N–H and O–H groups in total. The van der Waals surface area contributed by atoms with Crippen LogP contribution >= 0.6 is 0 Å². The average molecular weight is 195 g/mol. The molecule has 0 saturated heterocycles. The minimum Gasteiger partial charge on any atom is -0.327 e. The summed E-state index contributed by atoms with van der Waals surface area (Å²) in [6.07, 6.45) is 14.4. The van der Waals surface area contributed by atoms with E-state index < -0.39 is 0 Å². The van der Waals surface area contributed by atoms with Gasteiger partial charge < -0.3 is 5.73 Å². The molecule has 2 atom stereocenters. The van der Waals surface area contributed by atoms with Crippen molar-refractivity contribution in [1.29, 1.82) is 0 Å². The Morgan fingerprint density at radius 2 is 1.43 bits per heavy atom. The molecule has 2 fully saturated rings. The van der Waals surface area contributed by atoms with Gasteiger partial charge in [0.15, 0.2) is 0 Å². The largest absolute Gasteiger partial charge is 0.327 e. The maximum atomic E-state index is 6.16. The molecular formula is C13H25N. The number of hydrogen-bond donors (Lipinski definition) is 1. The van der Waals surface area contributed by atoms with Crippen LogP contribution < -0.4 is 5.73 Å². The molecule has 2 rings (SSSR count). The van der Waals surface area contributed by atoms with Crippen molar-refractivity contribution in [3.05, 3.63) is 0 Å². The monoisotopic (exact) mass is 195 g/mol. The van der Waals surface area contributed by atoms with Gasteiger partial charge in [0.1, 0.15) is 0 Å². The fourth-order valence-electron chi connectivity index (χ4n) is 3.34. The van der Waals surface area contributed by atoms with Crippen LogP contribution in [-0.2, 0) is 0 Å². The van der Waals surface area contributed by atoms with Crippen LogP contribution in [0.4, 0.5) is 0 Å². The molecule has 2 saturated carbocycles. The van der Waals surface area contributed by atoms with Gasteiger partial charge in [0, 0.05) is 6.04 Å². The van der Waals surface area contributed by atoms with E-state index in [-0.39, 0.29) is 0 Å². The van der Waals surface area contributed by atoms with Gasteiger partial charge in [-0.15, -0.1) is 0 Å². The second-order valence-corrected chi connectivity index (χ2v) is 5.44. The second kappa shape index (κ2) is 5.16. The molecule has 1 heteroatoms. The summed E-state index contributed by atoms with van der Waals surface area (Å²) in [6.45, 7) is 0. The lowest BCUT2D eigenvalue weighted by Crippen LogP contribution is -2.33. The summed E-state index contributed by atoms with van der Waals surface area (Å²) in [4.78, 5) is 0. The van der Waals surface area contributed by atoms with Crippen molar-refractivity contribution in [3.63, 3.8) is 0 Å². The van der Waals surface area contributed by atoms with Crippen molar-refractivity contribution < 1.29 is 0 Å². The van der Waals surface area contributed by atoms with Gasteiger partial charge in [-0.2, -0.15) is 0 Å². The Morgan fingerprint density at radius 1 is 0.786 bits per heavy atom. The molecule has 0 heterocycles. The molecule has 2 unspecified atom stereocenters. The van der Waals surface area contributed by atoms with E-state index >= 15 is 0 Å². The van der Waals surface area contributed by atoms with Crippen molar-refractivity contribution >= 4 is 0 Å². The van der Waals surface area contributed by atoms with Gasteiger partial charge >= 0.3 is 0 Å². The molecule has 2 aliphatic carbocycles. The van der Waals surface area contributed by atoms with Gasteiger partial charge in [0.25, 0.3) is 0 Å². The standard InChI is InChI=1S/C13H25N/c14-13-8-4-3-7-12(13)10-9-11-5-1-2-6-11/h11-13H,1-10,14H2. The fraction of sp³-hybridized carbons (Fsp3) is 1.00. The van der Waals surface area contributed by atoms with Crippen molar-refractivity contribution in [1.82, 2.24) is 0 Å². The first-order valence-electron chi connectivity index (χ1n) is 6.62. The topological polar surface area (TPSA) is 26.0 Å². The quantitative estimate of drug-likeness (QED) is 0.733. The molecule has 14 heavy (non-hydrogen) atoms. The van der Waals surface area contributed by atoms with Crippen LogP contribution in [0, 0.1) is 11.8 Å². The van der Waals surface area contributed by atoms with Crippen molar-refractivity contribution in [2.45, 2.75) is 70.3 Å². The summed E-state index contributed by atoms with van der Waals surface area (Å²) < 4.78 is 0. The average Bonchev–Trinajstić information content (AvgIpc) is 2.69. The minimum atomic E-state index is 0.533. The van der Waals surface area contributed by atoms with Crippen molar-refractivity contribution in [2.75, 3.05) is 0 Å². The first-order chi connectivity index (χ1) is 6.86. The zero-order valence-electron chi connectivity index (χ0n) is 9.38. The maximum absolute atomic E-state index is 6.16. The third-order valence-corrected chi connectivity index (χ3v) is 4.39. The molecule has 0 radical (unpaired) electrons. The van der Waals surface area contributed by atoms with Gasteiger partial charge in [-0.05, 0) is 31.1 Å². The van der Waals surface area contributed by atoms with E-state index in [2.05, 4.69) is 0 Å². The SMILES string of the molecule is NC1CCCCC1CCC1CCCC1. The van der Waals surface area contributed by atoms with E-state index in [0.717, 1.165) is 11.8 Å². The van der Waals surface area contributed by atoms with Crippen LogP contribution in [0.5, 0.6) is 0 Å². The summed E-state index contributed by atoms with van der Waals surface area (Å²) >= 11 is 0. The zero-order valence-corrected chi connectivity index (χ0v) is 9.38. The normalized spacial score (nSPS) is 34.9. The molecule has 0 amide bonds. The first-order valence-corrected chi connectivity index (χ1v) is 6.62. The zero-order chi connectivity index (χ0) is 9.80. The van der Waals surface area contributed by atoms with Crippen LogP contribution in [0.15, 0.2) is 0 Å². The molecule has 0 aromatic heterocycles. The van der Waals surface area contributed by atoms with E-state index in [0.29, 0.717) is 6.04 Å². The Hall–Kier alpha value is -0.0400. The van der Waals surface area contributed by atoms with E-state index in [4.69, 9.17) is 5.73 Å². The molecule has 82 valence electrons. The molecule has 0 aliphatic heterocycles. The molecule has 0 aromatic carbocycles. The first kappa shape index (κ1) is 10.5. The summed E-state index contributed by atoms with van der Waals surface area (Å²) in [5, 5.41) is 0. The van der Waals surface area contributed by atoms with E-state index in [1.165, 1.54) is 64.2 Å². The van der Waals surface area contributed by atoms with Crippen LogP contribution in [-0.4, -0.2) is 6.04 Å². The van der Waals surface area contributed by atoms with Crippen molar-refractivity contribution in [2.24, 2.45) is 17.6 Å². The lowest BCUT2D eigenvalue weighted by atomic mass is 9.80. The number of nitrogens with two attached hydrogens (primary N) is 1. The highest BCUT2D eigenvalue weighted by Gasteiger charge is 2.23. The highest BCUT2D eigenvalue weighted by atomic mass is 14.7. The van der Waals surface area contributed by atoms with Crippen molar-refractivity contribution in [3.8, 4) is 0 Å².